The molecule has 0 radical (unpaired) electrons. The predicted molar refractivity (Wildman–Crippen MR) is 89.3 cm³/mol. The van der Waals surface area contributed by atoms with E-state index >= 15 is 0 Å². The Morgan fingerprint density at radius 3 is 1.10 bits per heavy atom. The van der Waals surface area contributed by atoms with E-state index in [0.717, 1.165) is 39.0 Å². The van der Waals surface area contributed by atoms with Gasteiger partial charge in [-0.05, 0) is 41.5 Å². The third kappa shape index (κ3) is 34.9. The first-order valence-corrected chi connectivity index (χ1v) is 11.4. The van der Waals surface area contributed by atoms with Crippen LogP contribution in [-0.2, 0) is 19.5 Å². The van der Waals surface area contributed by atoms with Gasteiger partial charge in [-0.25, -0.2) is 37.3 Å². The molecule has 0 fully saturated rings. The van der Waals surface area contributed by atoms with Gasteiger partial charge in [0.15, 0.2) is 0 Å². The molecule has 0 aliphatic carbocycles. The standard InChI is InChI=1S/C16H32N4.2ClHO4.Zn/c1-13-11-15(3,4)19-10-8-18-14(2)12-16(5,6)20-9-7-17-13;2*2-1(3,4)5;/h19-20H,7-12H2,1-6H3;2*(H,2,3,4,5);/q;;;+2/p-2. The summed E-state index contributed by atoms with van der Waals surface area (Å²) >= 11 is 0. The van der Waals surface area contributed by atoms with Crippen molar-refractivity contribution in [3.63, 3.8) is 0 Å². The second-order valence-corrected chi connectivity index (χ2v) is 9.48. The molecule has 2 N–H and O–H groups in total. The molecule has 1 aliphatic rings. The fourth-order valence-electron chi connectivity index (χ4n) is 2.80. The largest absolute Gasteiger partial charge is 2.00 e. The fourth-order valence-corrected chi connectivity index (χ4v) is 2.80. The minimum atomic E-state index is -4.94. The molecule has 0 bridgehead atoms. The van der Waals surface area contributed by atoms with Crippen molar-refractivity contribution >= 4 is 11.4 Å². The summed E-state index contributed by atoms with van der Waals surface area (Å²) in [6.07, 6.45) is 1.97. The maximum absolute atomic E-state index is 8.49. The second-order valence-electron chi connectivity index (χ2n) is 7.96. The van der Waals surface area contributed by atoms with Crippen LogP contribution in [0, 0.1) is 20.5 Å². The Labute approximate surface area is 200 Å². The van der Waals surface area contributed by atoms with Gasteiger partial charge in [0, 0.05) is 48.4 Å². The van der Waals surface area contributed by atoms with E-state index in [0.29, 0.717) is 0 Å². The molecule has 1 heterocycles. The Morgan fingerprint density at radius 2 is 0.871 bits per heavy atom. The first kappa shape index (κ1) is 35.7. The summed E-state index contributed by atoms with van der Waals surface area (Å²) in [7, 11) is -9.89. The van der Waals surface area contributed by atoms with Crippen LogP contribution in [0.5, 0.6) is 0 Å². The Morgan fingerprint density at radius 1 is 0.645 bits per heavy atom. The zero-order valence-electron chi connectivity index (χ0n) is 18.9. The van der Waals surface area contributed by atoms with Crippen molar-refractivity contribution in [3.8, 4) is 0 Å². The van der Waals surface area contributed by atoms with Gasteiger partial charge in [-0.15, -0.1) is 20.5 Å². The number of aliphatic imine (C=N–C) groups is 2. The molecule has 0 atom stereocenters. The third-order valence-corrected chi connectivity index (χ3v) is 3.59. The summed E-state index contributed by atoms with van der Waals surface area (Å²) in [4.78, 5) is 9.35. The van der Waals surface area contributed by atoms with Crippen LogP contribution < -0.4 is 47.9 Å². The molecule has 0 spiro atoms. The van der Waals surface area contributed by atoms with Crippen LogP contribution in [-0.4, -0.2) is 48.7 Å². The first-order chi connectivity index (χ1) is 13.2. The molecular weight excluding hydrogens is 512 g/mol. The van der Waals surface area contributed by atoms with Gasteiger partial charge in [-0.2, -0.15) is 0 Å². The molecule has 1 rings (SSSR count). The molecule has 0 aromatic heterocycles. The van der Waals surface area contributed by atoms with Crippen LogP contribution in [0.3, 0.4) is 0 Å². The monoisotopic (exact) mass is 542 g/mol. The van der Waals surface area contributed by atoms with Crippen LogP contribution in [0.25, 0.3) is 0 Å². The van der Waals surface area contributed by atoms with Gasteiger partial charge < -0.3 is 10.6 Å². The molecular formula is C16H32Cl2N4O8Zn. The Kier molecular flexibility index (Phi) is 18.3. The number of halogens is 2. The molecule has 0 amide bonds. The summed E-state index contributed by atoms with van der Waals surface area (Å²) in [5.74, 6) is 0. The van der Waals surface area contributed by atoms with Crippen molar-refractivity contribution in [2.45, 2.75) is 65.5 Å². The van der Waals surface area contributed by atoms with Crippen molar-refractivity contribution in [3.05, 3.63) is 0 Å². The van der Waals surface area contributed by atoms with E-state index < -0.39 is 20.5 Å². The van der Waals surface area contributed by atoms with E-state index in [1.165, 1.54) is 11.4 Å². The molecule has 31 heavy (non-hydrogen) atoms. The number of hydrogen-bond donors (Lipinski definition) is 2. The van der Waals surface area contributed by atoms with Crippen LogP contribution in [0.2, 0.25) is 0 Å². The van der Waals surface area contributed by atoms with Gasteiger partial charge >= 0.3 is 19.5 Å². The summed E-state index contributed by atoms with van der Waals surface area (Å²) in [5, 5.41) is 7.16. The van der Waals surface area contributed by atoms with Gasteiger partial charge in [0.1, 0.15) is 0 Å². The van der Waals surface area contributed by atoms with Gasteiger partial charge in [-0.1, -0.05) is 0 Å². The molecule has 0 aromatic carbocycles. The summed E-state index contributed by atoms with van der Waals surface area (Å²) in [6.45, 7) is 16.7. The molecule has 0 unspecified atom stereocenters. The Balaban J connectivity index is -0.000000595. The van der Waals surface area contributed by atoms with Crippen molar-refractivity contribution in [2.24, 2.45) is 9.98 Å². The molecule has 1 aliphatic heterocycles. The number of hydrogen-bond acceptors (Lipinski definition) is 12. The maximum Gasteiger partial charge on any atom is 2.00 e. The molecule has 12 nitrogen and oxygen atoms in total. The van der Waals surface area contributed by atoms with Gasteiger partial charge in [0.2, 0.25) is 0 Å². The van der Waals surface area contributed by atoms with E-state index in [4.69, 9.17) is 37.3 Å². The molecule has 0 aromatic rings. The zero-order valence-corrected chi connectivity index (χ0v) is 23.3. The number of rotatable bonds is 0. The van der Waals surface area contributed by atoms with Gasteiger partial charge in [-0.3, -0.25) is 9.98 Å². The van der Waals surface area contributed by atoms with Crippen LogP contribution >= 0.6 is 0 Å². The van der Waals surface area contributed by atoms with Crippen LogP contribution in [0.15, 0.2) is 9.98 Å². The average molecular weight is 545 g/mol. The normalized spacial score (nSPS) is 20.2. The Hall–Kier alpha value is 0.143. The first-order valence-electron chi connectivity index (χ1n) is 8.94. The van der Waals surface area contributed by atoms with E-state index in [1.807, 2.05) is 0 Å². The molecule has 180 valence electrons. The van der Waals surface area contributed by atoms with E-state index in [9.17, 15) is 0 Å². The van der Waals surface area contributed by atoms with Crippen molar-refractivity contribution in [2.75, 3.05) is 26.2 Å². The SMILES string of the molecule is CC1=NCCNC(C)(C)CC(C)=NCCNC(C)(C)C1.[O-][Cl+3]([O-])([O-])[O-].[O-][Cl+3]([O-])([O-])[O-].[Zn+2]. The quantitative estimate of drug-likeness (QED) is 0.273. The Bertz CT molecular complexity index is 493. The van der Waals surface area contributed by atoms with Crippen LogP contribution in [0.4, 0.5) is 0 Å². The van der Waals surface area contributed by atoms with Crippen molar-refractivity contribution < 1.29 is 77.2 Å². The molecule has 0 saturated heterocycles. The average Bonchev–Trinajstić information content (AvgIpc) is 2.43. The van der Waals surface area contributed by atoms with E-state index in [-0.39, 0.29) is 30.6 Å². The number of nitrogens with zero attached hydrogens (tertiary/aromatic N) is 2. The number of nitrogens with one attached hydrogen (secondary N) is 2. The smallest absolute Gasteiger partial charge is 0.310 e. The minimum absolute atomic E-state index is 0. The topological polar surface area (TPSA) is 233 Å². The second kappa shape index (κ2) is 15.9. The zero-order chi connectivity index (χ0) is 24.2. The fraction of sp³-hybridized carbons (Fsp3) is 0.875. The van der Waals surface area contributed by atoms with Gasteiger partial charge in [0.25, 0.3) is 0 Å². The summed E-state index contributed by atoms with van der Waals surface area (Å²) in [6, 6.07) is 0. The van der Waals surface area contributed by atoms with Crippen molar-refractivity contribution in [1.82, 2.24) is 10.6 Å². The molecule has 15 heteroatoms. The van der Waals surface area contributed by atoms with Gasteiger partial charge in [0.05, 0.1) is 13.1 Å². The summed E-state index contributed by atoms with van der Waals surface area (Å²) < 4.78 is 67.9. The molecule has 0 saturated carbocycles. The minimum Gasteiger partial charge on any atom is -0.310 e. The third-order valence-electron chi connectivity index (χ3n) is 3.59. The van der Waals surface area contributed by atoms with E-state index in [2.05, 4.69) is 62.2 Å². The predicted octanol–water partition coefficient (Wildman–Crippen LogP) is -7.08. The van der Waals surface area contributed by atoms with Crippen LogP contribution in [0.1, 0.15) is 54.4 Å². The van der Waals surface area contributed by atoms with E-state index in [1.54, 1.807) is 0 Å². The summed E-state index contributed by atoms with van der Waals surface area (Å²) in [5.41, 5.74) is 2.62. The van der Waals surface area contributed by atoms with Crippen molar-refractivity contribution in [1.29, 1.82) is 0 Å². The maximum atomic E-state index is 8.49.